The first kappa shape index (κ1) is 28.1. The Bertz CT molecular complexity index is 1370. The van der Waals surface area contributed by atoms with Gasteiger partial charge in [-0.15, -0.1) is 0 Å². The smallest absolute Gasteiger partial charge is 0.320 e. The fourth-order valence-electron chi connectivity index (χ4n) is 4.02. The molecule has 0 spiro atoms. The molecule has 0 aliphatic heterocycles. The van der Waals surface area contributed by atoms with Crippen molar-refractivity contribution in [2.24, 2.45) is 5.73 Å². The van der Waals surface area contributed by atoms with Crippen molar-refractivity contribution in [2.45, 2.75) is 32.2 Å². The van der Waals surface area contributed by atoms with Gasteiger partial charge in [-0.25, -0.2) is 4.39 Å². The zero-order chi connectivity index (χ0) is 27.6. The number of carboxylic acids is 1. The molecule has 0 amide bonds. The third-order valence-corrected chi connectivity index (χ3v) is 6.41. The Kier molecular flexibility index (Phi) is 9.91. The third-order valence-electron chi connectivity index (χ3n) is 6.16. The lowest BCUT2D eigenvalue weighted by Gasteiger charge is -2.25. The molecule has 0 saturated heterocycles. The highest BCUT2D eigenvalue weighted by Gasteiger charge is 2.18. The summed E-state index contributed by atoms with van der Waals surface area (Å²) in [6, 6.07) is 27.7. The molecule has 0 radical (unpaired) electrons. The molecule has 6 nitrogen and oxygen atoms in total. The van der Waals surface area contributed by atoms with E-state index in [1.54, 1.807) is 36.4 Å². The lowest BCUT2D eigenvalue weighted by atomic mass is 10.1. The van der Waals surface area contributed by atoms with Crippen LogP contribution in [0.15, 0.2) is 97.1 Å². The van der Waals surface area contributed by atoms with Gasteiger partial charge in [-0.05, 0) is 60.5 Å². The maximum Gasteiger partial charge on any atom is 0.320 e. The summed E-state index contributed by atoms with van der Waals surface area (Å²) < 4.78 is 25.5. The van der Waals surface area contributed by atoms with Crippen molar-refractivity contribution < 1.29 is 23.8 Å². The predicted octanol–water partition coefficient (Wildman–Crippen LogP) is 6.65. The van der Waals surface area contributed by atoms with Gasteiger partial charge in [0, 0.05) is 35.8 Å². The van der Waals surface area contributed by atoms with E-state index in [2.05, 4.69) is 4.90 Å². The largest absolute Gasteiger partial charge is 0.489 e. The summed E-state index contributed by atoms with van der Waals surface area (Å²) in [4.78, 5) is 13.5. The fraction of sp³-hybridized carbons (Fsp3) is 0.194. The lowest BCUT2D eigenvalue weighted by molar-refractivity contribution is -0.138. The average Bonchev–Trinajstić information content (AvgIpc) is 2.94. The second kappa shape index (κ2) is 13.8. The monoisotopic (exact) mass is 548 g/mol. The van der Waals surface area contributed by atoms with E-state index in [-0.39, 0.29) is 12.2 Å². The van der Waals surface area contributed by atoms with Gasteiger partial charge < -0.3 is 20.3 Å². The van der Waals surface area contributed by atoms with E-state index in [1.807, 2.05) is 48.5 Å². The van der Waals surface area contributed by atoms with E-state index in [0.29, 0.717) is 48.5 Å². The summed E-state index contributed by atoms with van der Waals surface area (Å²) in [7, 11) is 0. The molecule has 4 aromatic carbocycles. The predicted molar refractivity (Wildman–Crippen MR) is 149 cm³/mol. The number of carbonyl (C=O) groups is 1. The average molecular weight is 549 g/mol. The maximum absolute atomic E-state index is 13.3. The highest BCUT2D eigenvalue weighted by atomic mass is 35.5. The van der Waals surface area contributed by atoms with Gasteiger partial charge in [0.1, 0.15) is 35.7 Å². The Morgan fingerprint density at radius 2 is 1.46 bits per heavy atom. The Labute approximate surface area is 232 Å². The molecule has 0 aliphatic rings. The highest BCUT2D eigenvalue weighted by Crippen LogP contribution is 2.29. The van der Waals surface area contributed by atoms with Crippen LogP contribution < -0.4 is 15.2 Å². The van der Waals surface area contributed by atoms with E-state index in [0.717, 1.165) is 16.7 Å². The van der Waals surface area contributed by atoms with Gasteiger partial charge in [0.25, 0.3) is 0 Å². The summed E-state index contributed by atoms with van der Waals surface area (Å²) in [5.74, 6) is 0.707. The van der Waals surface area contributed by atoms with Crippen LogP contribution in [0.5, 0.6) is 17.2 Å². The SMILES string of the molecule is N[C@@H](CCN(Cc1ccccc1OCc1ccc(F)cc1)Cc1ccccc1Oc1ccc(Cl)cc1)C(=O)O. The number of ether oxygens (including phenoxy) is 2. The van der Waals surface area contributed by atoms with Crippen LogP contribution in [0.4, 0.5) is 4.39 Å². The van der Waals surface area contributed by atoms with Gasteiger partial charge in [0.2, 0.25) is 0 Å². The van der Waals surface area contributed by atoms with Gasteiger partial charge in [0.15, 0.2) is 0 Å². The first-order valence-corrected chi connectivity index (χ1v) is 12.9. The molecule has 4 rings (SSSR count). The van der Waals surface area contributed by atoms with Crippen LogP contribution in [0.1, 0.15) is 23.1 Å². The molecule has 0 fully saturated rings. The first-order chi connectivity index (χ1) is 18.9. The minimum absolute atomic E-state index is 0.272. The quantitative estimate of drug-likeness (QED) is 0.194. The molecule has 0 bridgehead atoms. The number of hydrogen-bond donors (Lipinski definition) is 2. The number of para-hydroxylation sites is 2. The number of rotatable bonds is 13. The number of hydrogen-bond acceptors (Lipinski definition) is 5. The Morgan fingerprint density at radius 3 is 2.10 bits per heavy atom. The molecule has 3 N–H and O–H groups in total. The van der Waals surface area contributed by atoms with E-state index < -0.39 is 12.0 Å². The molecule has 39 heavy (non-hydrogen) atoms. The van der Waals surface area contributed by atoms with Crippen LogP contribution in [0.25, 0.3) is 0 Å². The fourth-order valence-corrected chi connectivity index (χ4v) is 4.15. The molecular formula is C31H30ClFN2O4. The molecule has 0 heterocycles. The summed E-state index contributed by atoms with van der Waals surface area (Å²) in [5.41, 5.74) is 8.55. The van der Waals surface area contributed by atoms with Crippen molar-refractivity contribution in [1.29, 1.82) is 0 Å². The van der Waals surface area contributed by atoms with E-state index in [1.165, 1.54) is 12.1 Å². The van der Waals surface area contributed by atoms with E-state index >= 15 is 0 Å². The van der Waals surface area contributed by atoms with Gasteiger partial charge in [-0.3, -0.25) is 9.69 Å². The van der Waals surface area contributed by atoms with Gasteiger partial charge in [-0.1, -0.05) is 60.1 Å². The summed E-state index contributed by atoms with van der Waals surface area (Å²) in [6.07, 6.45) is 0.272. The van der Waals surface area contributed by atoms with E-state index in [9.17, 15) is 14.3 Å². The molecule has 202 valence electrons. The molecule has 0 aliphatic carbocycles. The van der Waals surface area contributed by atoms with Crippen LogP contribution in [0, 0.1) is 5.82 Å². The van der Waals surface area contributed by atoms with Crippen LogP contribution in [0.3, 0.4) is 0 Å². The maximum atomic E-state index is 13.3. The first-order valence-electron chi connectivity index (χ1n) is 12.5. The Balaban J connectivity index is 1.53. The van der Waals surface area contributed by atoms with Crippen LogP contribution >= 0.6 is 11.6 Å². The number of benzene rings is 4. The highest BCUT2D eigenvalue weighted by molar-refractivity contribution is 6.30. The zero-order valence-electron chi connectivity index (χ0n) is 21.3. The molecule has 1 atom stereocenters. The van der Waals surface area contributed by atoms with Crippen LogP contribution in [0.2, 0.25) is 5.02 Å². The van der Waals surface area contributed by atoms with Gasteiger partial charge in [-0.2, -0.15) is 0 Å². The Morgan fingerprint density at radius 1 is 0.872 bits per heavy atom. The molecule has 0 saturated carbocycles. The normalized spacial score (nSPS) is 11.8. The zero-order valence-corrected chi connectivity index (χ0v) is 22.1. The number of aliphatic carboxylic acids is 1. The second-order valence-electron chi connectivity index (χ2n) is 9.13. The summed E-state index contributed by atoms with van der Waals surface area (Å²) >= 11 is 6.01. The van der Waals surface area contributed by atoms with Crippen molar-refractivity contribution in [3.8, 4) is 17.2 Å². The molecule has 0 aromatic heterocycles. The summed E-state index contributed by atoms with van der Waals surface area (Å²) in [5, 5.41) is 9.95. The minimum Gasteiger partial charge on any atom is -0.489 e. The van der Waals surface area contributed by atoms with Crippen molar-refractivity contribution in [1.82, 2.24) is 4.90 Å². The van der Waals surface area contributed by atoms with Crippen molar-refractivity contribution >= 4 is 17.6 Å². The van der Waals surface area contributed by atoms with Crippen molar-refractivity contribution in [2.75, 3.05) is 6.54 Å². The number of nitrogens with two attached hydrogens (primary N) is 1. The van der Waals surface area contributed by atoms with Crippen molar-refractivity contribution in [3.63, 3.8) is 0 Å². The van der Waals surface area contributed by atoms with E-state index in [4.69, 9.17) is 26.8 Å². The standard InChI is InChI=1S/C31H30ClFN2O4/c32-25-11-15-27(16-12-25)39-30-8-4-2-6-24(30)20-35(18-17-28(34)31(36)37)19-23-5-1-3-7-29(23)38-21-22-9-13-26(33)14-10-22/h1-16,28H,17-21,34H2,(H,36,37)/t28-/m0/s1. The van der Waals surface area contributed by atoms with Gasteiger partial charge in [0.05, 0.1) is 0 Å². The number of carboxylic acid groups (broad SMARTS) is 1. The minimum atomic E-state index is -1.04. The second-order valence-corrected chi connectivity index (χ2v) is 9.57. The molecular weight excluding hydrogens is 519 g/mol. The molecule has 8 heteroatoms. The lowest BCUT2D eigenvalue weighted by Crippen LogP contribution is -2.35. The number of halogens is 2. The topological polar surface area (TPSA) is 85.0 Å². The number of nitrogens with zero attached hydrogens (tertiary/aromatic N) is 1. The van der Waals surface area contributed by atoms with Gasteiger partial charge >= 0.3 is 5.97 Å². The van der Waals surface area contributed by atoms with Crippen LogP contribution in [-0.4, -0.2) is 28.6 Å². The molecule has 4 aromatic rings. The Hall–Kier alpha value is -3.91. The summed E-state index contributed by atoms with van der Waals surface area (Å²) in [6.45, 7) is 1.71. The van der Waals surface area contributed by atoms with Crippen molar-refractivity contribution in [3.05, 3.63) is 125 Å². The third kappa shape index (κ3) is 8.55. The van der Waals surface area contributed by atoms with Crippen LogP contribution in [-0.2, 0) is 24.5 Å². The molecule has 0 unspecified atom stereocenters.